The minimum atomic E-state index is 0.614. The molecule has 0 radical (unpaired) electrons. The highest BCUT2D eigenvalue weighted by atomic mass is 32.1. The minimum absolute atomic E-state index is 0.614. The van der Waals surface area contributed by atoms with Crippen molar-refractivity contribution in [2.45, 2.75) is 0 Å². The average Bonchev–Trinajstić information content (AvgIpc) is 3.59. The molecule has 0 amide bonds. The number of furan rings is 1. The first-order chi connectivity index (χ1) is 17.3. The molecule has 3 heterocycles. The largest absolute Gasteiger partial charge is 0.456 e. The van der Waals surface area contributed by atoms with E-state index in [1.54, 1.807) is 0 Å². The molecular weight excluding hydrogens is 450 g/mol. The molecule has 35 heavy (non-hydrogen) atoms. The molecule has 5 aromatic carbocycles. The van der Waals surface area contributed by atoms with Gasteiger partial charge in [0.15, 0.2) is 5.58 Å². The van der Waals surface area contributed by atoms with Crippen LogP contribution in [-0.4, -0.2) is 4.98 Å². The van der Waals surface area contributed by atoms with E-state index in [1.807, 2.05) is 41.7 Å². The van der Waals surface area contributed by atoms with Crippen molar-refractivity contribution < 1.29 is 8.83 Å². The molecule has 0 fully saturated rings. The van der Waals surface area contributed by atoms with Crippen molar-refractivity contribution in [2.24, 2.45) is 0 Å². The van der Waals surface area contributed by atoms with E-state index in [0.717, 1.165) is 38.6 Å². The lowest BCUT2D eigenvalue weighted by atomic mass is 10.0. The molecule has 0 saturated heterocycles. The highest BCUT2D eigenvalue weighted by Gasteiger charge is 2.14. The van der Waals surface area contributed by atoms with Gasteiger partial charge in [-0.1, -0.05) is 54.6 Å². The van der Waals surface area contributed by atoms with E-state index >= 15 is 0 Å². The SMILES string of the molecule is c1ccc2c(c1)oc1cc3nc(-c4ccc(-c5ccc6sc7ccccc7c6c5)cc4)oc3cc12. The summed E-state index contributed by atoms with van der Waals surface area (Å²) in [6.45, 7) is 0. The maximum atomic E-state index is 6.17. The van der Waals surface area contributed by atoms with Crippen LogP contribution in [0.15, 0.2) is 112 Å². The zero-order chi connectivity index (χ0) is 22.9. The second-order valence-electron chi connectivity index (χ2n) is 8.82. The third-order valence-corrected chi connectivity index (χ3v) is 7.88. The van der Waals surface area contributed by atoms with Crippen molar-refractivity contribution in [3.05, 3.63) is 103 Å². The number of thiophene rings is 1. The standard InChI is InChI=1S/C31H17NO2S/c1-3-7-26-21(5-1)23-16-28-25(17-27(23)33-26)32-31(34-28)19-11-9-18(10-12-19)20-13-14-30-24(15-20)22-6-2-4-8-29(22)35-30/h1-17H. The number of benzene rings is 5. The van der Waals surface area contributed by atoms with Crippen LogP contribution in [0.1, 0.15) is 0 Å². The fourth-order valence-corrected chi connectivity index (χ4v) is 6.07. The summed E-state index contributed by atoms with van der Waals surface area (Å²) in [5.74, 6) is 0.614. The van der Waals surface area contributed by atoms with Crippen LogP contribution in [0.4, 0.5) is 0 Å². The number of rotatable bonds is 2. The lowest BCUT2D eigenvalue weighted by molar-refractivity contribution is 0.620. The van der Waals surface area contributed by atoms with Crippen molar-refractivity contribution in [3.8, 4) is 22.6 Å². The van der Waals surface area contributed by atoms with E-state index < -0.39 is 0 Å². The monoisotopic (exact) mass is 467 g/mol. The first kappa shape index (κ1) is 19.0. The van der Waals surface area contributed by atoms with Gasteiger partial charge in [-0.15, -0.1) is 11.3 Å². The van der Waals surface area contributed by atoms with E-state index in [-0.39, 0.29) is 0 Å². The van der Waals surface area contributed by atoms with Crippen molar-refractivity contribution in [3.63, 3.8) is 0 Å². The summed E-state index contributed by atoms with van der Waals surface area (Å²) in [4.78, 5) is 4.75. The summed E-state index contributed by atoms with van der Waals surface area (Å²) in [5.41, 5.74) is 6.59. The number of hydrogen-bond donors (Lipinski definition) is 0. The number of aromatic nitrogens is 1. The summed E-state index contributed by atoms with van der Waals surface area (Å²) in [6.07, 6.45) is 0. The average molecular weight is 468 g/mol. The molecule has 164 valence electrons. The molecule has 3 nitrogen and oxygen atoms in total. The Morgan fingerprint density at radius 1 is 0.486 bits per heavy atom. The van der Waals surface area contributed by atoms with Gasteiger partial charge in [0.2, 0.25) is 5.89 Å². The second kappa shape index (κ2) is 7.05. The molecule has 8 rings (SSSR count). The first-order valence-corrected chi connectivity index (χ1v) is 12.4. The molecule has 0 spiro atoms. The third-order valence-electron chi connectivity index (χ3n) is 6.73. The van der Waals surface area contributed by atoms with Crippen LogP contribution < -0.4 is 0 Å². The number of oxazole rings is 1. The van der Waals surface area contributed by atoms with Gasteiger partial charge in [0, 0.05) is 42.6 Å². The smallest absolute Gasteiger partial charge is 0.227 e. The van der Waals surface area contributed by atoms with Crippen molar-refractivity contribution in [1.82, 2.24) is 4.98 Å². The second-order valence-corrected chi connectivity index (χ2v) is 9.90. The number of hydrogen-bond acceptors (Lipinski definition) is 4. The Morgan fingerprint density at radius 3 is 2.14 bits per heavy atom. The van der Waals surface area contributed by atoms with E-state index in [0.29, 0.717) is 5.89 Å². The predicted octanol–water partition coefficient (Wildman–Crippen LogP) is 9.43. The molecule has 8 aromatic rings. The lowest BCUT2D eigenvalue weighted by Gasteiger charge is -2.03. The van der Waals surface area contributed by atoms with Gasteiger partial charge in [0.1, 0.15) is 16.7 Å². The van der Waals surface area contributed by atoms with Crippen molar-refractivity contribution in [1.29, 1.82) is 0 Å². The Hall–Kier alpha value is -4.41. The molecule has 0 aliphatic heterocycles. The molecule has 0 aliphatic carbocycles. The summed E-state index contributed by atoms with van der Waals surface area (Å²) in [6, 6.07) is 35.8. The fraction of sp³-hybridized carbons (Fsp3) is 0. The highest BCUT2D eigenvalue weighted by Crippen LogP contribution is 2.37. The molecule has 0 saturated carbocycles. The normalized spacial score (nSPS) is 12.0. The van der Waals surface area contributed by atoms with E-state index in [1.165, 1.54) is 31.3 Å². The highest BCUT2D eigenvalue weighted by molar-refractivity contribution is 7.25. The van der Waals surface area contributed by atoms with Crippen LogP contribution in [0, 0.1) is 0 Å². The van der Waals surface area contributed by atoms with Gasteiger partial charge in [-0.05, 0) is 53.6 Å². The van der Waals surface area contributed by atoms with E-state index in [2.05, 4.69) is 72.8 Å². The predicted molar refractivity (Wildman–Crippen MR) is 145 cm³/mol. The van der Waals surface area contributed by atoms with Gasteiger partial charge in [0.25, 0.3) is 0 Å². The van der Waals surface area contributed by atoms with Gasteiger partial charge >= 0.3 is 0 Å². The van der Waals surface area contributed by atoms with Crippen LogP contribution in [0.3, 0.4) is 0 Å². The molecule has 0 N–H and O–H groups in total. The molecule has 4 heteroatoms. The van der Waals surface area contributed by atoms with Crippen LogP contribution in [0.2, 0.25) is 0 Å². The molecule has 0 unspecified atom stereocenters. The maximum Gasteiger partial charge on any atom is 0.227 e. The third kappa shape index (κ3) is 2.87. The minimum Gasteiger partial charge on any atom is -0.456 e. The van der Waals surface area contributed by atoms with Crippen LogP contribution >= 0.6 is 11.3 Å². The summed E-state index contributed by atoms with van der Waals surface area (Å²) >= 11 is 1.84. The van der Waals surface area contributed by atoms with Gasteiger partial charge in [-0.3, -0.25) is 0 Å². The Balaban J connectivity index is 1.19. The lowest BCUT2D eigenvalue weighted by Crippen LogP contribution is -1.80. The van der Waals surface area contributed by atoms with Gasteiger partial charge < -0.3 is 8.83 Å². The van der Waals surface area contributed by atoms with Crippen molar-refractivity contribution in [2.75, 3.05) is 0 Å². The van der Waals surface area contributed by atoms with Gasteiger partial charge in [0.05, 0.1) is 0 Å². The van der Waals surface area contributed by atoms with Gasteiger partial charge in [-0.25, -0.2) is 4.98 Å². The maximum absolute atomic E-state index is 6.17. The molecule has 3 aromatic heterocycles. The van der Waals surface area contributed by atoms with Crippen LogP contribution in [-0.2, 0) is 0 Å². The quantitative estimate of drug-likeness (QED) is 0.254. The fourth-order valence-electron chi connectivity index (χ4n) is 4.98. The summed E-state index contributed by atoms with van der Waals surface area (Å²) in [7, 11) is 0. The zero-order valence-corrected chi connectivity index (χ0v) is 19.3. The molecule has 0 aliphatic rings. The topological polar surface area (TPSA) is 39.2 Å². The summed E-state index contributed by atoms with van der Waals surface area (Å²) < 4.78 is 14.8. The van der Waals surface area contributed by atoms with Gasteiger partial charge in [-0.2, -0.15) is 0 Å². The molecular formula is C31H17NO2S. The number of para-hydroxylation sites is 1. The Morgan fingerprint density at radius 2 is 1.23 bits per heavy atom. The van der Waals surface area contributed by atoms with Crippen molar-refractivity contribution >= 4 is 64.5 Å². The Kier molecular flexibility index (Phi) is 3.82. The summed E-state index contributed by atoms with van der Waals surface area (Å²) in [5, 5.41) is 4.75. The molecule has 0 bridgehead atoms. The van der Waals surface area contributed by atoms with Crippen LogP contribution in [0.5, 0.6) is 0 Å². The molecule has 0 atom stereocenters. The van der Waals surface area contributed by atoms with E-state index in [9.17, 15) is 0 Å². The number of fused-ring (bicyclic) bond motifs is 7. The Labute approximate surface area is 203 Å². The first-order valence-electron chi connectivity index (χ1n) is 11.5. The Bertz CT molecular complexity index is 2060. The zero-order valence-electron chi connectivity index (χ0n) is 18.5. The van der Waals surface area contributed by atoms with Crippen LogP contribution in [0.25, 0.3) is 75.8 Å². The number of nitrogens with zero attached hydrogens (tertiary/aromatic N) is 1. The van der Waals surface area contributed by atoms with E-state index in [4.69, 9.17) is 13.8 Å².